The second kappa shape index (κ2) is 11.1. The van der Waals surface area contributed by atoms with Gasteiger partial charge in [0.1, 0.15) is 5.76 Å². The van der Waals surface area contributed by atoms with Crippen molar-refractivity contribution < 1.29 is 29.1 Å². The summed E-state index contributed by atoms with van der Waals surface area (Å²) in [5.41, 5.74) is 1.76. The van der Waals surface area contributed by atoms with E-state index in [0.29, 0.717) is 25.7 Å². The number of nitrogens with one attached hydrogen (secondary N) is 1. The van der Waals surface area contributed by atoms with Gasteiger partial charge in [-0.25, -0.2) is 0 Å². The van der Waals surface area contributed by atoms with Crippen LogP contribution in [0.4, 0.5) is 0 Å². The predicted molar refractivity (Wildman–Crippen MR) is 108 cm³/mol. The number of aliphatic hydroxyl groups is 1. The maximum absolute atomic E-state index is 12.7. The Labute approximate surface area is 176 Å². The molecule has 168 valence electrons. The lowest BCUT2D eigenvalue weighted by molar-refractivity contribution is -0.137. The van der Waals surface area contributed by atoms with Gasteiger partial charge in [0.05, 0.1) is 17.8 Å². The van der Waals surface area contributed by atoms with Crippen LogP contribution in [0, 0.1) is 19.8 Å². The molecule has 30 heavy (non-hydrogen) atoms. The molecule has 0 bridgehead atoms. The Morgan fingerprint density at radius 1 is 1.23 bits per heavy atom. The lowest BCUT2D eigenvalue weighted by atomic mass is 10.1. The van der Waals surface area contributed by atoms with Crippen molar-refractivity contribution in [2.24, 2.45) is 5.92 Å². The zero-order valence-electron chi connectivity index (χ0n) is 17.8. The van der Waals surface area contributed by atoms with Crippen LogP contribution in [0.5, 0.6) is 0 Å². The van der Waals surface area contributed by atoms with Gasteiger partial charge in [-0.15, -0.1) is 0 Å². The summed E-state index contributed by atoms with van der Waals surface area (Å²) in [5.74, 6) is 0.511. The fraction of sp³-hybridized carbons (Fsp3) is 0.700. The number of carbonyl (C=O) groups is 3. The Bertz CT molecular complexity index is 709. The average Bonchev–Trinajstić information content (AvgIpc) is 3.23. The number of carbonyl (C=O) groups excluding carboxylic acids is 2. The fourth-order valence-electron chi connectivity index (χ4n) is 4.03. The molecule has 0 spiro atoms. The van der Waals surface area contributed by atoms with Gasteiger partial charge in [-0.2, -0.15) is 0 Å². The Morgan fingerprint density at radius 2 is 1.87 bits per heavy atom. The molecule has 1 aliphatic carbocycles. The second-order valence-electron chi connectivity index (χ2n) is 7.95. The molecule has 3 N–H and O–H groups in total. The Morgan fingerprint density at radius 3 is 2.43 bits per heavy atom. The van der Waals surface area contributed by atoms with E-state index in [-0.39, 0.29) is 30.2 Å². The van der Waals surface area contributed by atoms with Crippen LogP contribution < -0.4 is 5.32 Å². The summed E-state index contributed by atoms with van der Waals surface area (Å²) in [6.07, 6.45) is 1.11. The standard InChI is InChI=1S/C19H30N4O4.CH2O2/c1-12-15(13(2)27-21-12)4-5-18(25)20-16-10-14(11-17(16)24)19(26)23-8-6-22(3)7-9-23;2-1-3/h14,16-17,24H,4-11H2,1-3H3,(H,20,25);1H,(H,2,3)/t14-,16+,17+;/m0./s1. The molecule has 1 saturated heterocycles. The number of piperazine rings is 1. The first-order valence-corrected chi connectivity index (χ1v) is 10.2. The Kier molecular flexibility index (Phi) is 8.79. The summed E-state index contributed by atoms with van der Waals surface area (Å²) < 4.78 is 5.12. The van der Waals surface area contributed by atoms with Gasteiger partial charge in [-0.1, -0.05) is 5.16 Å². The number of nitrogens with zero attached hydrogens (tertiary/aromatic N) is 3. The van der Waals surface area contributed by atoms with Gasteiger partial charge in [0.2, 0.25) is 11.8 Å². The first kappa shape index (κ1) is 23.8. The highest BCUT2D eigenvalue weighted by Crippen LogP contribution is 2.28. The second-order valence-corrected chi connectivity index (χ2v) is 7.95. The van der Waals surface area contributed by atoms with Gasteiger partial charge in [-0.3, -0.25) is 14.4 Å². The van der Waals surface area contributed by atoms with Gasteiger partial charge in [-0.05, 0) is 40.2 Å². The molecule has 0 aromatic carbocycles. The number of amides is 2. The van der Waals surface area contributed by atoms with Gasteiger partial charge in [0, 0.05) is 44.1 Å². The molecule has 2 amide bonds. The van der Waals surface area contributed by atoms with Crippen molar-refractivity contribution >= 4 is 18.3 Å². The van der Waals surface area contributed by atoms with Crippen molar-refractivity contribution in [3.63, 3.8) is 0 Å². The fourth-order valence-corrected chi connectivity index (χ4v) is 4.03. The summed E-state index contributed by atoms with van der Waals surface area (Å²) in [4.78, 5) is 37.5. The molecule has 2 aliphatic rings. The van der Waals surface area contributed by atoms with E-state index in [1.54, 1.807) is 0 Å². The molecule has 0 unspecified atom stereocenters. The molecule has 0 radical (unpaired) electrons. The molecule has 1 aromatic heterocycles. The zero-order valence-corrected chi connectivity index (χ0v) is 17.8. The van der Waals surface area contributed by atoms with Crippen LogP contribution >= 0.6 is 0 Å². The first-order chi connectivity index (χ1) is 14.3. The summed E-state index contributed by atoms with van der Waals surface area (Å²) in [6, 6.07) is -0.358. The van der Waals surface area contributed by atoms with E-state index in [0.717, 1.165) is 43.2 Å². The van der Waals surface area contributed by atoms with E-state index in [1.807, 2.05) is 18.7 Å². The molecule has 1 aliphatic heterocycles. The van der Waals surface area contributed by atoms with Crippen molar-refractivity contribution in [1.29, 1.82) is 0 Å². The highest BCUT2D eigenvalue weighted by atomic mass is 16.5. The van der Waals surface area contributed by atoms with E-state index in [2.05, 4.69) is 22.4 Å². The first-order valence-electron chi connectivity index (χ1n) is 10.2. The number of hydrogen-bond acceptors (Lipinski definition) is 7. The van der Waals surface area contributed by atoms with Crippen LogP contribution in [0.2, 0.25) is 0 Å². The van der Waals surface area contributed by atoms with Crippen LogP contribution in [0.15, 0.2) is 4.52 Å². The van der Waals surface area contributed by atoms with Crippen molar-refractivity contribution in [3.05, 3.63) is 17.0 Å². The third kappa shape index (κ3) is 6.27. The number of aromatic nitrogens is 1. The number of likely N-dealkylation sites (N-methyl/N-ethyl adjacent to an activating group) is 1. The minimum Gasteiger partial charge on any atom is -0.483 e. The maximum atomic E-state index is 12.7. The minimum absolute atomic E-state index is 0.106. The quantitative estimate of drug-likeness (QED) is 0.560. The summed E-state index contributed by atoms with van der Waals surface area (Å²) in [6.45, 7) is 6.67. The van der Waals surface area contributed by atoms with E-state index in [9.17, 15) is 14.7 Å². The van der Waals surface area contributed by atoms with Gasteiger partial charge < -0.3 is 29.9 Å². The van der Waals surface area contributed by atoms with Crippen LogP contribution in [0.3, 0.4) is 0 Å². The minimum atomic E-state index is -0.672. The van der Waals surface area contributed by atoms with Crippen LogP contribution in [-0.2, 0) is 20.8 Å². The van der Waals surface area contributed by atoms with E-state index in [1.165, 1.54) is 0 Å². The largest absolute Gasteiger partial charge is 0.483 e. The molecule has 1 saturated carbocycles. The smallest absolute Gasteiger partial charge is 0.290 e. The predicted octanol–water partition coefficient (Wildman–Crippen LogP) is -0.0455. The molecule has 1 aromatic rings. The van der Waals surface area contributed by atoms with Crippen molar-refractivity contribution in [1.82, 2.24) is 20.3 Å². The highest BCUT2D eigenvalue weighted by molar-refractivity contribution is 5.80. The summed E-state index contributed by atoms with van der Waals surface area (Å²) >= 11 is 0. The molecule has 2 fully saturated rings. The lowest BCUT2D eigenvalue weighted by Crippen LogP contribution is -2.49. The monoisotopic (exact) mass is 424 g/mol. The Hall–Kier alpha value is -2.46. The van der Waals surface area contributed by atoms with E-state index < -0.39 is 6.10 Å². The van der Waals surface area contributed by atoms with Gasteiger partial charge >= 0.3 is 0 Å². The molecule has 10 nitrogen and oxygen atoms in total. The zero-order chi connectivity index (χ0) is 22.3. The topological polar surface area (TPSA) is 136 Å². The normalized spacial score (nSPS) is 24.1. The third-order valence-corrected chi connectivity index (χ3v) is 5.82. The van der Waals surface area contributed by atoms with Crippen LogP contribution in [0.1, 0.15) is 36.3 Å². The van der Waals surface area contributed by atoms with Crippen molar-refractivity contribution in [3.8, 4) is 0 Å². The van der Waals surface area contributed by atoms with Gasteiger partial charge in [0.25, 0.3) is 6.47 Å². The van der Waals surface area contributed by atoms with Crippen molar-refractivity contribution in [2.45, 2.75) is 51.7 Å². The van der Waals surface area contributed by atoms with Crippen LogP contribution in [0.25, 0.3) is 0 Å². The molecule has 3 rings (SSSR count). The molecule has 3 atom stereocenters. The number of rotatable bonds is 5. The van der Waals surface area contributed by atoms with Crippen molar-refractivity contribution in [2.75, 3.05) is 33.2 Å². The SMILES string of the molecule is Cc1noc(C)c1CCC(=O)N[C@@H]1C[C@H](C(=O)N2CCN(C)CC2)C[C@H]1O.O=CO. The van der Waals surface area contributed by atoms with Crippen LogP contribution in [-0.4, -0.2) is 88.8 Å². The van der Waals surface area contributed by atoms with E-state index in [4.69, 9.17) is 14.4 Å². The van der Waals surface area contributed by atoms with E-state index >= 15 is 0 Å². The lowest BCUT2D eigenvalue weighted by Gasteiger charge is -2.34. The number of aryl methyl sites for hydroxylation is 2. The number of carboxylic acid groups (broad SMARTS) is 1. The highest BCUT2D eigenvalue weighted by Gasteiger charge is 2.39. The number of hydrogen-bond donors (Lipinski definition) is 3. The summed E-state index contributed by atoms with van der Waals surface area (Å²) in [7, 11) is 2.05. The average molecular weight is 424 g/mol. The molecule has 2 heterocycles. The summed E-state index contributed by atoms with van der Waals surface area (Å²) in [5, 5.41) is 24.0. The molecule has 10 heteroatoms. The maximum Gasteiger partial charge on any atom is 0.290 e. The Balaban J connectivity index is 0.00000101. The molecular weight excluding hydrogens is 392 g/mol. The van der Waals surface area contributed by atoms with Gasteiger partial charge in [0.15, 0.2) is 0 Å². The third-order valence-electron chi connectivity index (χ3n) is 5.82. The molecular formula is C20H32N4O6. The number of aliphatic hydroxyl groups excluding tert-OH is 1.